The number of likely N-dealkylation sites (tertiary alicyclic amines) is 1. The minimum atomic E-state index is -0.579. The van der Waals surface area contributed by atoms with E-state index < -0.39 is 5.60 Å². The van der Waals surface area contributed by atoms with E-state index in [2.05, 4.69) is 27.1 Å². The molecule has 2 aliphatic rings. The molecule has 1 aromatic rings. The molecule has 1 saturated carbocycles. The minimum Gasteiger partial charge on any atom is -0.472 e. The number of nitrogens with one attached hydrogen (secondary N) is 1. The third kappa shape index (κ3) is 4.95. The van der Waals surface area contributed by atoms with Gasteiger partial charge in [0.15, 0.2) is 5.96 Å². The van der Waals surface area contributed by atoms with E-state index in [1.807, 2.05) is 18.2 Å². The van der Waals surface area contributed by atoms with Crippen molar-refractivity contribution in [3.05, 3.63) is 24.4 Å². The first kappa shape index (κ1) is 19.2. The number of hydrogen-bond acceptors (Lipinski definition) is 4. The van der Waals surface area contributed by atoms with Crippen LogP contribution in [-0.4, -0.2) is 58.8 Å². The van der Waals surface area contributed by atoms with Gasteiger partial charge in [0.25, 0.3) is 0 Å². The highest BCUT2D eigenvalue weighted by Crippen LogP contribution is 2.31. The molecule has 2 fully saturated rings. The van der Waals surface area contributed by atoms with Crippen LogP contribution in [0.4, 0.5) is 0 Å². The predicted molar refractivity (Wildman–Crippen MR) is 105 cm³/mol. The van der Waals surface area contributed by atoms with Crippen LogP contribution < -0.4 is 10.1 Å². The first-order chi connectivity index (χ1) is 11.2. The quantitative estimate of drug-likeness (QED) is 0.412. The first-order valence-electron chi connectivity index (χ1n) is 8.52. The van der Waals surface area contributed by atoms with E-state index in [0.717, 1.165) is 51.3 Å². The van der Waals surface area contributed by atoms with E-state index in [9.17, 15) is 5.11 Å². The predicted octanol–water partition coefficient (Wildman–Crippen LogP) is 2.03. The zero-order valence-electron chi connectivity index (χ0n) is 14.1. The van der Waals surface area contributed by atoms with Crippen LogP contribution in [0.15, 0.2) is 29.4 Å². The number of aliphatic imine (C=N–C) groups is 1. The van der Waals surface area contributed by atoms with Crippen molar-refractivity contribution in [1.82, 2.24) is 15.2 Å². The number of pyridine rings is 1. The lowest BCUT2D eigenvalue weighted by atomic mass is 9.80. The summed E-state index contributed by atoms with van der Waals surface area (Å²) in [5.74, 6) is 1.55. The Labute approximate surface area is 160 Å². The molecule has 1 aromatic heterocycles. The van der Waals surface area contributed by atoms with Gasteiger partial charge in [-0.15, -0.1) is 24.0 Å². The summed E-state index contributed by atoms with van der Waals surface area (Å²) < 4.78 is 5.93. The monoisotopic (exact) mass is 446 g/mol. The van der Waals surface area contributed by atoms with Crippen LogP contribution in [0.2, 0.25) is 0 Å². The van der Waals surface area contributed by atoms with Gasteiger partial charge in [-0.25, -0.2) is 4.98 Å². The Morgan fingerprint density at radius 1 is 1.50 bits per heavy atom. The molecule has 2 N–H and O–H groups in total. The van der Waals surface area contributed by atoms with Crippen LogP contribution in [0.5, 0.6) is 5.88 Å². The molecule has 0 bridgehead atoms. The van der Waals surface area contributed by atoms with Crippen LogP contribution in [0.25, 0.3) is 0 Å². The van der Waals surface area contributed by atoms with Crippen molar-refractivity contribution in [2.75, 3.05) is 26.2 Å². The van der Waals surface area contributed by atoms with Crippen molar-refractivity contribution in [3.63, 3.8) is 0 Å². The molecule has 1 aliphatic heterocycles. The molecule has 1 saturated heterocycles. The summed E-state index contributed by atoms with van der Waals surface area (Å²) in [6.07, 6.45) is 5.65. The molecule has 0 spiro atoms. The topological polar surface area (TPSA) is 70.0 Å². The Hall–Kier alpha value is -1.09. The number of halogens is 1. The molecular formula is C17H27IN4O2. The van der Waals surface area contributed by atoms with Gasteiger partial charge in [-0.2, -0.15) is 0 Å². The number of aromatic nitrogens is 1. The molecule has 0 amide bonds. The maximum Gasteiger partial charge on any atom is 0.213 e. The van der Waals surface area contributed by atoms with E-state index in [1.54, 1.807) is 6.20 Å². The van der Waals surface area contributed by atoms with Crippen molar-refractivity contribution < 1.29 is 9.84 Å². The molecule has 6 nitrogen and oxygen atoms in total. The summed E-state index contributed by atoms with van der Waals surface area (Å²) in [5, 5.41) is 13.6. The van der Waals surface area contributed by atoms with E-state index in [4.69, 9.17) is 4.74 Å². The Morgan fingerprint density at radius 3 is 2.96 bits per heavy atom. The second-order valence-electron chi connectivity index (χ2n) is 6.39. The van der Waals surface area contributed by atoms with Gasteiger partial charge in [0.05, 0.1) is 18.7 Å². The highest BCUT2D eigenvalue weighted by molar-refractivity contribution is 14.0. The Morgan fingerprint density at radius 2 is 2.33 bits per heavy atom. The lowest BCUT2D eigenvalue weighted by molar-refractivity contribution is -0.0237. The van der Waals surface area contributed by atoms with E-state index in [-0.39, 0.29) is 30.1 Å². The summed E-state index contributed by atoms with van der Waals surface area (Å²) in [6, 6.07) is 5.70. The molecule has 1 atom stereocenters. The maximum atomic E-state index is 10.2. The second-order valence-corrected chi connectivity index (χ2v) is 6.39. The standard InChI is InChI=1S/C17H26N4O2.HI/c1-2-18-16(20-13-17(22)8-5-9-17)21-11-7-14(12-21)23-15-6-3-4-10-19-15;/h3-4,6,10,14,22H,2,5,7-9,11-13H2,1H3,(H,18,20);1H. The fourth-order valence-electron chi connectivity index (χ4n) is 3.00. The molecule has 24 heavy (non-hydrogen) atoms. The minimum absolute atomic E-state index is 0. The lowest BCUT2D eigenvalue weighted by Gasteiger charge is -2.35. The van der Waals surface area contributed by atoms with Crippen LogP contribution in [0, 0.1) is 0 Å². The Balaban J connectivity index is 0.00000208. The summed E-state index contributed by atoms with van der Waals surface area (Å²) in [4.78, 5) is 11.1. The van der Waals surface area contributed by atoms with Crippen molar-refractivity contribution in [3.8, 4) is 5.88 Å². The SMILES string of the molecule is CCNC(=NCC1(O)CCC1)N1CCC(Oc2ccccn2)C1.I. The van der Waals surface area contributed by atoms with Crippen molar-refractivity contribution >= 4 is 29.9 Å². The average molecular weight is 446 g/mol. The van der Waals surface area contributed by atoms with Gasteiger partial charge >= 0.3 is 0 Å². The lowest BCUT2D eigenvalue weighted by Crippen LogP contribution is -2.44. The maximum absolute atomic E-state index is 10.2. The van der Waals surface area contributed by atoms with E-state index in [0.29, 0.717) is 12.4 Å². The Kier molecular flexibility index (Phi) is 7.09. The molecule has 0 radical (unpaired) electrons. The van der Waals surface area contributed by atoms with Gasteiger partial charge in [0.1, 0.15) is 6.10 Å². The third-order valence-electron chi connectivity index (χ3n) is 4.51. The molecule has 7 heteroatoms. The van der Waals surface area contributed by atoms with E-state index in [1.165, 1.54) is 0 Å². The molecule has 0 aromatic carbocycles. The number of aliphatic hydroxyl groups is 1. The average Bonchev–Trinajstić information content (AvgIpc) is 2.99. The Bertz CT molecular complexity index is 537. The zero-order chi connectivity index (χ0) is 16.1. The van der Waals surface area contributed by atoms with Gasteiger partial charge in [0, 0.05) is 31.8 Å². The van der Waals surface area contributed by atoms with Gasteiger partial charge < -0.3 is 20.1 Å². The van der Waals surface area contributed by atoms with Gasteiger partial charge in [-0.3, -0.25) is 4.99 Å². The fraction of sp³-hybridized carbons (Fsp3) is 0.647. The highest BCUT2D eigenvalue weighted by atomic mass is 127. The number of ether oxygens (including phenoxy) is 1. The largest absolute Gasteiger partial charge is 0.472 e. The third-order valence-corrected chi connectivity index (χ3v) is 4.51. The van der Waals surface area contributed by atoms with Crippen LogP contribution >= 0.6 is 24.0 Å². The molecule has 1 unspecified atom stereocenters. The molecule has 1 aliphatic carbocycles. The van der Waals surface area contributed by atoms with Crippen LogP contribution in [-0.2, 0) is 0 Å². The van der Waals surface area contributed by atoms with Crippen molar-refractivity contribution in [2.24, 2.45) is 4.99 Å². The van der Waals surface area contributed by atoms with E-state index >= 15 is 0 Å². The van der Waals surface area contributed by atoms with Gasteiger partial charge in [-0.1, -0.05) is 6.07 Å². The molecule has 2 heterocycles. The van der Waals surface area contributed by atoms with Gasteiger partial charge in [0.2, 0.25) is 5.88 Å². The summed E-state index contributed by atoms with van der Waals surface area (Å²) in [5.41, 5.74) is -0.579. The summed E-state index contributed by atoms with van der Waals surface area (Å²) in [7, 11) is 0. The number of nitrogens with zero attached hydrogens (tertiary/aromatic N) is 3. The van der Waals surface area contributed by atoms with Crippen molar-refractivity contribution in [2.45, 2.75) is 44.3 Å². The van der Waals surface area contributed by atoms with Gasteiger partial charge in [-0.05, 0) is 32.3 Å². The van der Waals surface area contributed by atoms with Crippen LogP contribution in [0.1, 0.15) is 32.6 Å². The summed E-state index contributed by atoms with van der Waals surface area (Å²) in [6.45, 7) is 5.06. The van der Waals surface area contributed by atoms with Crippen LogP contribution in [0.3, 0.4) is 0 Å². The number of rotatable bonds is 5. The zero-order valence-corrected chi connectivity index (χ0v) is 16.5. The molecule has 3 rings (SSSR count). The summed E-state index contributed by atoms with van der Waals surface area (Å²) >= 11 is 0. The first-order valence-corrected chi connectivity index (χ1v) is 8.52. The highest BCUT2D eigenvalue weighted by Gasteiger charge is 2.34. The molecular weight excluding hydrogens is 419 g/mol. The second kappa shape index (κ2) is 8.84. The number of guanidine groups is 1. The van der Waals surface area contributed by atoms with Crippen molar-refractivity contribution in [1.29, 1.82) is 0 Å². The fourth-order valence-corrected chi connectivity index (χ4v) is 3.00. The normalized spacial score (nSPS) is 22.5. The number of hydrogen-bond donors (Lipinski definition) is 2. The molecule has 134 valence electrons. The smallest absolute Gasteiger partial charge is 0.213 e.